The molecule has 5 nitrogen and oxygen atoms in total. The molecule has 2 rings (SSSR count). The molecular formula is C14H20N4OS. The molecule has 0 aliphatic rings. The van der Waals surface area contributed by atoms with Gasteiger partial charge in [-0.15, -0.1) is 10.2 Å². The molecule has 6 heteroatoms. The van der Waals surface area contributed by atoms with Crippen molar-refractivity contribution in [2.45, 2.75) is 26.7 Å². The summed E-state index contributed by atoms with van der Waals surface area (Å²) in [5.41, 5.74) is 0.715. The first-order valence-electron chi connectivity index (χ1n) is 6.87. The van der Waals surface area contributed by atoms with Gasteiger partial charge in [0.05, 0.1) is 0 Å². The molecule has 20 heavy (non-hydrogen) atoms. The lowest BCUT2D eigenvalue weighted by atomic mass is 10.2. The highest BCUT2D eigenvalue weighted by atomic mass is 32.1. The average molecular weight is 292 g/mol. The van der Waals surface area contributed by atoms with Crippen LogP contribution in [-0.2, 0) is 6.42 Å². The molecule has 0 radical (unpaired) electrons. The number of hydrogen-bond donors (Lipinski definition) is 2. The number of rotatable bonds is 7. The highest BCUT2D eigenvalue weighted by Crippen LogP contribution is 2.22. The largest absolute Gasteiger partial charge is 0.329 e. The van der Waals surface area contributed by atoms with E-state index in [0.717, 1.165) is 41.5 Å². The fourth-order valence-electron chi connectivity index (χ4n) is 1.80. The van der Waals surface area contributed by atoms with Gasteiger partial charge in [0.1, 0.15) is 10.0 Å². The van der Waals surface area contributed by atoms with Gasteiger partial charge < -0.3 is 10.3 Å². The van der Waals surface area contributed by atoms with Gasteiger partial charge in [-0.3, -0.25) is 4.79 Å². The minimum absolute atomic E-state index is 0.114. The molecular weight excluding hydrogens is 272 g/mol. The first-order chi connectivity index (χ1) is 9.65. The van der Waals surface area contributed by atoms with Crippen molar-refractivity contribution in [1.82, 2.24) is 20.5 Å². The Labute approximate surface area is 122 Å². The van der Waals surface area contributed by atoms with Gasteiger partial charge in [0.15, 0.2) is 0 Å². The zero-order valence-electron chi connectivity index (χ0n) is 11.8. The lowest BCUT2D eigenvalue weighted by Gasteiger charge is -2.05. The Hall–Kier alpha value is -1.53. The van der Waals surface area contributed by atoms with E-state index < -0.39 is 0 Å². The summed E-state index contributed by atoms with van der Waals surface area (Å²) in [4.78, 5) is 13.9. The second-order valence-electron chi connectivity index (χ2n) is 5.14. The topological polar surface area (TPSA) is 70.7 Å². The van der Waals surface area contributed by atoms with Crippen molar-refractivity contribution in [3.8, 4) is 10.6 Å². The molecule has 0 aliphatic carbocycles. The number of H-pyrrole nitrogens is 1. The van der Waals surface area contributed by atoms with Crippen molar-refractivity contribution in [3.05, 3.63) is 33.7 Å². The molecule has 108 valence electrons. The van der Waals surface area contributed by atoms with Crippen LogP contribution in [0.1, 0.15) is 25.3 Å². The smallest absolute Gasteiger partial charge is 0.248 e. The van der Waals surface area contributed by atoms with E-state index in [4.69, 9.17) is 0 Å². The van der Waals surface area contributed by atoms with Crippen LogP contribution in [0, 0.1) is 5.92 Å². The van der Waals surface area contributed by atoms with E-state index in [9.17, 15) is 4.79 Å². The van der Waals surface area contributed by atoms with Crippen molar-refractivity contribution in [3.63, 3.8) is 0 Å². The molecule has 0 fully saturated rings. The highest BCUT2D eigenvalue weighted by molar-refractivity contribution is 7.14. The van der Waals surface area contributed by atoms with E-state index in [2.05, 4.69) is 34.3 Å². The summed E-state index contributed by atoms with van der Waals surface area (Å²) in [6, 6.07) is 3.39. The van der Waals surface area contributed by atoms with Crippen molar-refractivity contribution < 1.29 is 0 Å². The Morgan fingerprint density at radius 1 is 1.40 bits per heavy atom. The molecule has 0 aliphatic heterocycles. The maximum atomic E-state index is 11.3. The maximum absolute atomic E-state index is 11.3. The quantitative estimate of drug-likeness (QED) is 0.766. The first-order valence-corrected chi connectivity index (χ1v) is 7.69. The molecule has 2 aromatic rings. The molecule has 2 N–H and O–H groups in total. The fraction of sp³-hybridized carbons (Fsp3) is 0.500. The molecule has 2 heterocycles. The number of aromatic nitrogens is 3. The van der Waals surface area contributed by atoms with Crippen molar-refractivity contribution in [2.75, 3.05) is 13.1 Å². The number of aryl methyl sites for hydroxylation is 1. The number of aromatic amines is 1. The standard InChI is InChI=1S/C14H20N4OS/c1-10(2)9-15-6-3-4-13-17-18-14(20-13)11-5-7-16-12(19)8-11/h5,7-8,10,15H,3-4,6,9H2,1-2H3,(H,16,19). The minimum atomic E-state index is -0.114. The van der Waals surface area contributed by atoms with Gasteiger partial charge in [-0.05, 0) is 31.5 Å². The summed E-state index contributed by atoms with van der Waals surface area (Å²) < 4.78 is 0. The molecule has 0 bridgehead atoms. The lowest BCUT2D eigenvalue weighted by Crippen LogP contribution is -2.21. The summed E-state index contributed by atoms with van der Waals surface area (Å²) in [6.45, 7) is 6.45. The van der Waals surface area contributed by atoms with Crippen LogP contribution in [0.15, 0.2) is 23.1 Å². The van der Waals surface area contributed by atoms with Crippen LogP contribution in [0.2, 0.25) is 0 Å². The van der Waals surface area contributed by atoms with Crippen LogP contribution < -0.4 is 10.9 Å². The van der Waals surface area contributed by atoms with Crippen molar-refractivity contribution in [1.29, 1.82) is 0 Å². The predicted octanol–water partition coefficient (Wildman–Crippen LogP) is 2.07. The van der Waals surface area contributed by atoms with Crippen molar-refractivity contribution >= 4 is 11.3 Å². The van der Waals surface area contributed by atoms with Crippen LogP contribution in [0.4, 0.5) is 0 Å². The Morgan fingerprint density at radius 2 is 2.25 bits per heavy atom. The van der Waals surface area contributed by atoms with Crippen LogP contribution >= 0.6 is 11.3 Å². The third-order valence-electron chi connectivity index (χ3n) is 2.79. The van der Waals surface area contributed by atoms with Gasteiger partial charge >= 0.3 is 0 Å². The summed E-state index contributed by atoms with van der Waals surface area (Å²) in [6.07, 6.45) is 3.61. The third kappa shape index (κ3) is 4.54. The van der Waals surface area contributed by atoms with E-state index in [0.29, 0.717) is 5.92 Å². The minimum Gasteiger partial charge on any atom is -0.329 e. The lowest BCUT2D eigenvalue weighted by molar-refractivity contribution is 0.542. The van der Waals surface area contributed by atoms with Crippen LogP contribution in [0.5, 0.6) is 0 Å². The van der Waals surface area contributed by atoms with Gasteiger partial charge in [0.2, 0.25) is 5.56 Å². The van der Waals surface area contributed by atoms with Gasteiger partial charge in [-0.1, -0.05) is 25.2 Å². The Bertz CT molecular complexity index is 591. The second-order valence-corrected chi connectivity index (χ2v) is 6.21. The van der Waals surface area contributed by atoms with Gasteiger partial charge in [0, 0.05) is 24.2 Å². The number of nitrogens with zero attached hydrogens (tertiary/aromatic N) is 2. The molecule has 0 aromatic carbocycles. The molecule has 0 saturated heterocycles. The van der Waals surface area contributed by atoms with E-state index in [1.165, 1.54) is 0 Å². The van der Waals surface area contributed by atoms with E-state index >= 15 is 0 Å². The molecule has 0 atom stereocenters. The maximum Gasteiger partial charge on any atom is 0.248 e. The highest BCUT2D eigenvalue weighted by Gasteiger charge is 2.06. The Balaban J connectivity index is 1.85. The summed E-state index contributed by atoms with van der Waals surface area (Å²) >= 11 is 1.56. The number of nitrogens with one attached hydrogen (secondary N) is 2. The van der Waals surface area contributed by atoms with Gasteiger partial charge in [-0.25, -0.2) is 0 Å². The zero-order valence-corrected chi connectivity index (χ0v) is 12.7. The number of pyridine rings is 1. The van der Waals surface area contributed by atoms with E-state index in [-0.39, 0.29) is 5.56 Å². The van der Waals surface area contributed by atoms with Crippen LogP contribution in [0.3, 0.4) is 0 Å². The molecule has 0 unspecified atom stereocenters. The van der Waals surface area contributed by atoms with Crippen LogP contribution in [0.25, 0.3) is 10.6 Å². The summed E-state index contributed by atoms with van der Waals surface area (Å²) in [5, 5.41) is 13.6. The summed E-state index contributed by atoms with van der Waals surface area (Å²) in [7, 11) is 0. The zero-order chi connectivity index (χ0) is 14.4. The average Bonchev–Trinajstić information content (AvgIpc) is 2.87. The molecule has 0 spiro atoms. The fourth-order valence-corrected chi connectivity index (χ4v) is 2.68. The third-order valence-corrected chi connectivity index (χ3v) is 3.82. The predicted molar refractivity (Wildman–Crippen MR) is 82.0 cm³/mol. The van der Waals surface area contributed by atoms with E-state index in [1.54, 1.807) is 23.6 Å². The number of hydrogen-bond acceptors (Lipinski definition) is 5. The van der Waals surface area contributed by atoms with Gasteiger partial charge in [0.25, 0.3) is 0 Å². The van der Waals surface area contributed by atoms with Crippen molar-refractivity contribution in [2.24, 2.45) is 5.92 Å². The SMILES string of the molecule is CC(C)CNCCCc1nnc(-c2cc[nH]c(=O)c2)s1. The molecule has 0 amide bonds. The van der Waals surface area contributed by atoms with E-state index in [1.807, 2.05) is 6.07 Å². The van der Waals surface area contributed by atoms with Crippen LogP contribution in [-0.4, -0.2) is 28.3 Å². The normalized spacial score (nSPS) is 11.2. The first kappa shape index (κ1) is 14.9. The molecule has 0 saturated carbocycles. The monoisotopic (exact) mass is 292 g/mol. The van der Waals surface area contributed by atoms with Gasteiger partial charge in [-0.2, -0.15) is 0 Å². The second kappa shape index (κ2) is 7.31. The molecule has 2 aromatic heterocycles. The summed E-state index contributed by atoms with van der Waals surface area (Å²) in [5.74, 6) is 0.680. The Morgan fingerprint density at radius 3 is 3.00 bits per heavy atom. The Kier molecular flexibility index (Phi) is 5.43.